The smallest absolute Gasteiger partial charge is 0.0705 e. The van der Waals surface area contributed by atoms with Crippen molar-refractivity contribution in [1.82, 2.24) is 9.97 Å². The van der Waals surface area contributed by atoms with Gasteiger partial charge in [0.15, 0.2) is 0 Å². The molecule has 8 bridgehead atoms. The largest absolute Gasteiger partial charge is 0.252 e. The molecule has 0 fully saturated rings. The van der Waals surface area contributed by atoms with Crippen LogP contribution in [0, 0.1) is 0 Å². The van der Waals surface area contributed by atoms with Gasteiger partial charge in [0.05, 0.1) is 22.8 Å². The van der Waals surface area contributed by atoms with Crippen molar-refractivity contribution in [3.8, 4) is 22.5 Å². The first-order valence-electron chi connectivity index (χ1n) is 13.7. The molecule has 4 aliphatic heterocycles. The van der Waals surface area contributed by atoms with Gasteiger partial charge in [-0.1, -0.05) is 92.8 Å². The van der Waals surface area contributed by atoms with E-state index in [-0.39, 0.29) is 5.41 Å². The summed E-state index contributed by atoms with van der Waals surface area (Å²) in [6, 6.07) is 30.8. The average Bonchev–Trinajstić information content (AvgIpc) is 2.92. The molecule has 4 aliphatic rings. The third kappa shape index (κ3) is 5.75. The third-order valence-electron chi connectivity index (χ3n) is 7.71. The van der Waals surface area contributed by atoms with Crippen LogP contribution in [0.15, 0.2) is 84.9 Å². The molecule has 6 heterocycles. The van der Waals surface area contributed by atoms with Crippen molar-refractivity contribution < 1.29 is 0 Å². The first kappa shape index (κ1) is 24.4. The van der Waals surface area contributed by atoms with E-state index in [1.807, 2.05) is 0 Å². The topological polar surface area (TPSA) is 25.8 Å². The molecule has 0 saturated heterocycles. The molecule has 8 rings (SSSR count). The van der Waals surface area contributed by atoms with Gasteiger partial charge in [0, 0.05) is 16.5 Å². The lowest BCUT2D eigenvalue weighted by molar-refractivity contribution is 0.579. The summed E-state index contributed by atoms with van der Waals surface area (Å²) >= 11 is 0. The van der Waals surface area contributed by atoms with E-state index in [4.69, 9.17) is 9.97 Å². The molecule has 4 aromatic rings. The standard InChI is InChI=1S/C34H38N2/c1-34(2)32-16-10-14-30(35-32)28-22-18-26(19-23-28)12-8-6-4-3-5-7-9-13-27-20-24-29(25-21-27)31-15-11-17-33(34)36-31/h10-11,14-25H,3-9,12-13H2,1-2H3. The first-order valence-corrected chi connectivity index (χ1v) is 13.7. The molecule has 0 radical (unpaired) electrons. The summed E-state index contributed by atoms with van der Waals surface area (Å²) in [6.07, 6.45) is 11.6. The molecule has 0 amide bonds. The Morgan fingerprint density at radius 3 is 1.28 bits per heavy atom. The van der Waals surface area contributed by atoms with Gasteiger partial charge in [-0.25, -0.2) is 0 Å². The molecule has 184 valence electrons. The van der Waals surface area contributed by atoms with E-state index in [0.29, 0.717) is 0 Å². The van der Waals surface area contributed by atoms with Gasteiger partial charge in [0.2, 0.25) is 0 Å². The van der Waals surface area contributed by atoms with Crippen LogP contribution in [0.25, 0.3) is 22.5 Å². The zero-order valence-corrected chi connectivity index (χ0v) is 21.8. The molecular formula is C34H38N2. The van der Waals surface area contributed by atoms with Crippen LogP contribution in [0.4, 0.5) is 0 Å². The summed E-state index contributed by atoms with van der Waals surface area (Å²) in [7, 11) is 0. The Balaban J connectivity index is 1.47. The number of nitrogens with zero attached hydrogens (tertiary/aromatic N) is 2. The number of aromatic nitrogens is 2. The normalized spacial score (nSPS) is 16.4. The fourth-order valence-corrected chi connectivity index (χ4v) is 5.24. The minimum absolute atomic E-state index is 0.306. The lowest BCUT2D eigenvalue weighted by atomic mass is 9.84. The zero-order chi connectivity index (χ0) is 24.8. The van der Waals surface area contributed by atoms with Crippen LogP contribution in [-0.2, 0) is 18.3 Å². The fraction of sp³-hybridized carbons (Fsp3) is 0.353. The minimum Gasteiger partial charge on any atom is -0.252 e. The van der Waals surface area contributed by atoms with Gasteiger partial charge in [-0.05, 0) is 74.9 Å². The molecule has 0 spiro atoms. The van der Waals surface area contributed by atoms with Crippen molar-refractivity contribution in [1.29, 1.82) is 0 Å². The fourth-order valence-electron chi connectivity index (χ4n) is 5.24. The Hall–Kier alpha value is -3.26. The number of hydrogen-bond donors (Lipinski definition) is 0. The molecule has 36 heavy (non-hydrogen) atoms. The Bertz CT molecular complexity index is 1170. The molecule has 0 aliphatic carbocycles. The highest BCUT2D eigenvalue weighted by atomic mass is 14.8. The van der Waals surface area contributed by atoms with E-state index < -0.39 is 0 Å². The van der Waals surface area contributed by atoms with Crippen molar-refractivity contribution in [3.05, 3.63) is 107 Å². The summed E-state index contributed by atoms with van der Waals surface area (Å²) in [5, 5.41) is 0. The van der Waals surface area contributed by atoms with Crippen LogP contribution < -0.4 is 0 Å². The predicted octanol–water partition coefficient (Wildman–Crippen LogP) is 8.97. The van der Waals surface area contributed by atoms with Crippen LogP contribution in [0.2, 0.25) is 0 Å². The Kier molecular flexibility index (Phi) is 7.60. The van der Waals surface area contributed by atoms with Gasteiger partial charge >= 0.3 is 0 Å². The summed E-state index contributed by atoms with van der Waals surface area (Å²) in [5.41, 5.74) is 9.02. The quantitative estimate of drug-likeness (QED) is 0.254. The molecule has 0 N–H and O–H groups in total. The maximum atomic E-state index is 5.11. The van der Waals surface area contributed by atoms with Gasteiger partial charge in [0.1, 0.15) is 0 Å². The predicted molar refractivity (Wildman–Crippen MR) is 151 cm³/mol. The average molecular weight is 475 g/mol. The zero-order valence-electron chi connectivity index (χ0n) is 21.8. The molecule has 2 heteroatoms. The summed E-state index contributed by atoms with van der Waals surface area (Å²) in [5.74, 6) is 0. The van der Waals surface area contributed by atoms with Crippen molar-refractivity contribution in [3.63, 3.8) is 0 Å². The second-order valence-corrected chi connectivity index (χ2v) is 10.8. The molecule has 0 unspecified atom stereocenters. The third-order valence-corrected chi connectivity index (χ3v) is 7.71. The van der Waals surface area contributed by atoms with Crippen LogP contribution >= 0.6 is 0 Å². The maximum Gasteiger partial charge on any atom is 0.0705 e. The Morgan fingerprint density at radius 1 is 0.472 bits per heavy atom. The van der Waals surface area contributed by atoms with Crippen molar-refractivity contribution in [2.24, 2.45) is 0 Å². The molecule has 0 saturated carbocycles. The second-order valence-electron chi connectivity index (χ2n) is 10.8. The van der Waals surface area contributed by atoms with Gasteiger partial charge in [-0.15, -0.1) is 0 Å². The monoisotopic (exact) mass is 474 g/mol. The number of pyridine rings is 2. The highest BCUT2D eigenvalue weighted by Crippen LogP contribution is 2.32. The van der Waals surface area contributed by atoms with E-state index in [1.165, 1.54) is 80.0 Å². The van der Waals surface area contributed by atoms with Crippen LogP contribution in [0.5, 0.6) is 0 Å². The number of hydrogen-bond acceptors (Lipinski definition) is 2. The van der Waals surface area contributed by atoms with E-state index >= 15 is 0 Å². The molecule has 2 aromatic heterocycles. The Morgan fingerprint density at radius 2 is 0.861 bits per heavy atom. The first-order chi connectivity index (χ1) is 17.6. The highest BCUT2D eigenvalue weighted by molar-refractivity contribution is 5.61. The minimum atomic E-state index is -0.306. The molecule has 2 aromatic carbocycles. The van der Waals surface area contributed by atoms with Gasteiger partial charge in [-0.2, -0.15) is 0 Å². The van der Waals surface area contributed by atoms with Crippen molar-refractivity contribution in [2.45, 2.75) is 77.0 Å². The summed E-state index contributed by atoms with van der Waals surface area (Å²) < 4.78 is 0. The molecular weight excluding hydrogens is 436 g/mol. The molecule has 2 nitrogen and oxygen atoms in total. The van der Waals surface area contributed by atoms with E-state index in [2.05, 4.69) is 98.8 Å². The van der Waals surface area contributed by atoms with Gasteiger partial charge in [0.25, 0.3) is 0 Å². The van der Waals surface area contributed by atoms with Crippen molar-refractivity contribution >= 4 is 0 Å². The molecule has 0 atom stereocenters. The lowest BCUT2D eigenvalue weighted by Crippen LogP contribution is -2.22. The lowest BCUT2D eigenvalue weighted by Gasteiger charge is -2.25. The van der Waals surface area contributed by atoms with Crippen molar-refractivity contribution in [2.75, 3.05) is 0 Å². The number of benzene rings is 2. The van der Waals surface area contributed by atoms with Crippen LogP contribution in [0.3, 0.4) is 0 Å². The van der Waals surface area contributed by atoms with E-state index in [0.717, 1.165) is 22.8 Å². The van der Waals surface area contributed by atoms with Gasteiger partial charge in [-0.3, -0.25) is 9.97 Å². The van der Waals surface area contributed by atoms with E-state index in [1.54, 1.807) is 0 Å². The maximum absolute atomic E-state index is 5.11. The van der Waals surface area contributed by atoms with Crippen LogP contribution in [0.1, 0.15) is 81.3 Å². The summed E-state index contributed by atoms with van der Waals surface area (Å²) in [4.78, 5) is 10.2. The number of rotatable bonds is 0. The number of aryl methyl sites for hydroxylation is 2. The SMILES string of the molecule is CC1(C)c2cccc(n2)-c2ccc(cc2)CCCCCCCCCc2ccc(cc2)-c2cccc1n2. The Labute approximate surface area is 216 Å². The summed E-state index contributed by atoms with van der Waals surface area (Å²) in [6.45, 7) is 4.45. The second kappa shape index (κ2) is 11.2. The highest BCUT2D eigenvalue weighted by Gasteiger charge is 2.27. The van der Waals surface area contributed by atoms with E-state index in [9.17, 15) is 0 Å². The van der Waals surface area contributed by atoms with Gasteiger partial charge < -0.3 is 0 Å². The van der Waals surface area contributed by atoms with Crippen LogP contribution in [-0.4, -0.2) is 9.97 Å².